The summed E-state index contributed by atoms with van der Waals surface area (Å²) in [6.07, 6.45) is 9.49. The molecule has 0 amide bonds. The molecule has 1 heteroatoms. The van der Waals surface area contributed by atoms with E-state index in [0.717, 1.165) is 5.57 Å². The average molecular weight is 188 g/mol. The Bertz CT molecular complexity index is 326. The van der Waals surface area contributed by atoms with Gasteiger partial charge in [-0.3, -0.25) is 0 Å². The Labute approximate surface area is 83.2 Å². The lowest BCUT2D eigenvalue weighted by molar-refractivity contribution is 1.77. The van der Waals surface area contributed by atoms with Crippen LogP contribution in [0.2, 0.25) is 0 Å². The summed E-state index contributed by atoms with van der Waals surface area (Å²) >= 11 is 1.69. The molecule has 0 aliphatic rings. The minimum atomic E-state index is 1.14. The third-order valence-corrected chi connectivity index (χ3v) is 2.28. The Morgan fingerprint density at radius 2 is 2.15 bits per heavy atom. The summed E-state index contributed by atoms with van der Waals surface area (Å²) < 4.78 is 0. The van der Waals surface area contributed by atoms with Gasteiger partial charge in [0.1, 0.15) is 0 Å². The van der Waals surface area contributed by atoms with Crippen molar-refractivity contribution in [3.05, 3.63) is 65.9 Å². The van der Waals surface area contributed by atoms with Crippen molar-refractivity contribution in [2.45, 2.75) is 0 Å². The van der Waals surface area contributed by atoms with Crippen molar-refractivity contribution in [3.63, 3.8) is 0 Å². The molecule has 1 rings (SSSR count). The highest BCUT2D eigenvalue weighted by molar-refractivity contribution is 7.08. The van der Waals surface area contributed by atoms with Gasteiger partial charge in [0.2, 0.25) is 0 Å². The monoisotopic (exact) mass is 188 g/mol. The van der Waals surface area contributed by atoms with E-state index in [0.29, 0.717) is 0 Å². The van der Waals surface area contributed by atoms with Crippen LogP contribution in [0.25, 0.3) is 5.57 Å². The number of hydrogen-bond donors (Lipinski definition) is 0. The molecule has 0 unspecified atom stereocenters. The Morgan fingerprint density at radius 3 is 2.69 bits per heavy atom. The highest BCUT2D eigenvalue weighted by atomic mass is 32.1. The molecule has 0 saturated carbocycles. The topological polar surface area (TPSA) is 0 Å². The van der Waals surface area contributed by atoms with Gasteiger partial charge in [-0.05, 0) is 28.0 Å². The van der Waals surface area contributed by atoms with Crippen LogP contribution in [-0.2, 0) is 0 Å². The largest absolute Gasteiger partial charge is 0.152 e. The minimum absolute atomic E-state index is 1.14. The fourth-order valence-corrected chi connectivity index (χ4v) is 1.61. The van der Waals surface area contributed by atoms with Crippen LogP contribution >= 0.6 is 11.3 Å². The fourth-order valence-electron chi connectivity index (χ4n) is 0.949. The quantitative estimate of drug-likeness (QED) is 0.625. The van der Waals surface area contributed by atoms with E-state index in [1.165, 1.54) is 5.56 Å². The predicted molar refractivity (Wildman–Crippen MR) is 61.8 cm³/mol. The lowest BCUT2D eigenvalue weighted by Crippen LogP contribution is -1.72. The van der Waals surface area contributed by atoms with Crippen molar-refractivity contribution in [1.82, 2.24) is 0 Å². The summed E-state index contributed by atoms with van der Waals surface area (Å²) in [7, 11) is 0. The molecule has 1 heterocycles. The van der Waals surface area contributed by atoms with Gasteiger partial charge < -0.3 is 0 Å². The summed E-state index contributed by atoms with van der Waals surface area (Å²) in [5.41, 5.74) is 2.35. The Kier molecular flexibility index (Phi) is 4.00. The third-order valence-electron chi connectivity index (χ3n) is 1.60. The second kappa shape index (κ2) is 5.33. The molecular formula is C12H12S. The van der Waals surface area contributed by atoms with Crippen LogP contribution in [0.5, 0.6) is 0 Å². The van der Waals surface area contributed by atoms with Crippen LogP contribution in [0.4, 0.5) is 0 Å². The molecule has 0 spiro atoms. The van der Waals surface area contributed by atoms with Crippen LogP contribution in [-0.4, -0.2) is 0 Å². The van der Waals surface area contributed by atoms with Crippen molar-refractivity contribution in [2.24, 2.45) is 0 Å². The van der Waals surface area contributed by atoms with E-state index in [9.17, 15) is 0 Å². The lowest BCUT2D eigenvalue weighted by atomic mass is 10.1. The highest BCUT2D eigenvalue weighted by Gasteiger charge is 1.94. The first-order valence-corrected chi connectivity index (χ1v) is 4.97. The molecule has 0 radical (unpaired) electrons. The highest BCUT2D eigenvalue weighted by Crippen LogP contribution is 2.18. The Morgan fingerprint density at radius 1 is 1.31 bits per heavy atom. The molecular weight excluding hydrogens is 176 g/mol. The van der Waals surface area contributed by atoms with E-state index < -0.39 is 0 Å². The van der Waals surface area contributed by atoms with E-state index in [1.807, 2.05) is 24.3 Å². The zero-order valence-electron chi connectivity index (χ0n) is 7.44. The summed E-state index contributed by atoms with van der Waals surface area (Å²) in [4.78, 5) is 0. The second-order valence-corrected chi connectivity index (χ2v) is 3.24. The standard InChI is InChI=1S/C12H12S/c1-3-5-6-7-11(4-2)12-8-9-13-10-12/h3-10H,1-2H2/b6-5-,11-7+. The molecule has 0 aliphatic carbocycles. The van der Waals surface area contributed by atoms with Crippen LogP contribution < -0.4 is 0 Å². The zero-order valence-corrected chi connectivity index (χ0v) is 8.26. The number of thiophene rings is 1. The van der Waals surface area contributed by atoms with Crippen LogP contribution in [0.3, 0.4) is 0 Å². The maximum atomic E-state index is 3.77. The molecule has 0 saturated heterocycles. The van der Waals surface area contributed by atoms with Crippen LogP contribution in [0, 0.1) is 0 Å². The predicted octanol–water partition coefficient (Wildman–Crippen LogP) is 4.06. The van der Waals surface area contributed by atoms with Crippen molar-refractivity contribution in [2.75, 3.05) is 0 Å². The first-order chi connectivity index (χ1) is 6.38. The molecule has 13 heavy (non-hydrogen) atoms. The van der Waals surface area contributed by atoms with Gasteiger partial charge in [-0.25, -0.2) is 0 Å². The van der Waals surface area contributed by atoms with E-state index in [4.69, 9.17) is 0 Å². The lowest BCUT2D eigenvalue weighted by Gasteiger charge is -1.94. The van der Waals surface area contributed by atoms with Gasteiger partial charge in [0.25, 0.3) is 0 Å². The second-order valence-electron chi connectivity index (χ2n) is 2.46. The van der Waals surface area contributed by atoms with E-state index in [2.05, 4.69) is 30.0 Å². The number of hydrogen-bond acceptors (Lipinski definition) is 1. The first kappa shape index (κ1) is 9.75. The van der Waals surface area contributed by atoms with E-state index >= 15 is 0 Å². The molecule has 0 aliphatic heterocycles. The summed E-state index contributed by atoms with van der Waals surface area (Å²) in [5.74, 6) is 0. The first-order valence-electron chi connectivity index (χ1n) is 4.03. The fraction of sp³-hybridized carbons (Fsp3) is 0. The minimum Gasteiger partial charge on any atom is -0.152 e. The summed E-state index contributed by atoms with van der Waals surface area (Å²) in [5, 5.41) is 4.17. The molecule has 0 fully saturated rings. The number of allylic oxidation sites excluding steroid dienone is 6. The number of rotatable bonds is 4. The van der Waals surface area contributed by atoms with Gasteiger partial charge in [0, 0.05) is 0 Å². The molecule has 66 valence electrons. The smallest absolute Gasteiger partial charge is 0.00147 e. The average Bonchev–Trinajstić information content (AvgIpc) is 2.65. The van der Waals surface area contributed by atoms with Crippen molar-refractivity contribution in [1.29, 1.82) is 0 Å². The van der Waals surface area contributed by atoms with Crippen molar-refractivity contribution in [3.8, 4) is 0 Å². The molecule has 0 bridgehead atoms. The summed E-state index contributed by atoms with van der Waals surface area (Å²) in [6, 6.07) is 2.08. The van der Waals surface area contributed by atoms with E-state index in [-0.39, 0.29) is 0 Å². The molecule has 1 aromatic rings. The van der Waals surface area contributed by atoms with Crippen molar-refractivity contribution < 1.29 is 0 Å². The van der Waals surface area contributed by atoms with Gasteiger partial charge in [0.05, 0.1) is 0 Å². The Hall–Kier alpha value is -1.34. The maximum Gasteiger partial charge on any atom is -0.00147 e. The van der Waals surface area contributed by atoms with Crippen LogP contribution in [0.15, 0.2) is 60.4 Å². The molecule has 0 nitrogen and oxygen atoms in total. The molecule has 0 N–H and O–H groups in total. The molecule has 0 atom stereocenters. The third kappa shape index (κ3) is 2.88. The van der Waals surface area contributed by atoms with E-state index in [1.54, 1.807) is 17.4 Å². The zero-order chi connectivity index (χ0) is 9.52. The van der Waals surface area contributed by atoms with Gasteiger partial charge in [-0.1, -0.05) is 43.5 Å². The van der Waals surface area contributed by atoms with Gasteiger partial charge in [0.15, 0.2) is 0 Å². The SMILES string of the molecule is C=C/C=C\C=C(/C=C)c1ccsc1. The van der Waals surface area contributed by atoms with Gasteiger partial charge in [-0.15, -0.1) is 0 Å². The normalized spacial score (nSPS) is 11.8. The van der Waals surface area contributed by atoms with Crippen molar-refractivity contribution >= 4 is 16.9 Å². The van der Waals surface area contributed by atoms with Crippen LogP contribution in [0.1, 0.15) is 5.56 Å². The van der Waals surface area contributed by atoms with Gasteiger partial charge >= 0.3 is 0 Å². The van der Waals surface area contributed by atoms with Gasteiger partial charge in [-0.2, -0.15) is 11.3 Å². The summed E-state index contributed by atoms with van der Waals surface area (Å²) in [6.45, 7) is 7.38. The molecule has 1 aromatic heterocycles. The molecule has 0 aromatic carbocycles. The maximum absolute atomic E-state index is 3.77. The Balaban J connectivity index is 2.85.